The zero-order chi connectivity index (χ0) is 12.4. The first-order valence-corrected chi connectivity index (χ1v) is 7.77. The van der Waals surface area contributed by atoms with Gasteiger partial charge in [-0.2, -0.15) is 0 Å². The Morgan fingerprint density at radius 1 is 1.33 bits per heavy atom. The summed E-state index contributed by atoms with van der Waals surface area (Å²) in [6.07, 6.45) is 4.42. The third-order valence-corrected chi connectivity index (χ3v) is 5.29. The van der Waals surface area contributed by atoms with Gasteiger partial charge in [0.15, 0.2) is 0 Å². The molecular weight excluding hydrogens is 244 g/mol. The van der Waals surface area contributed by atoms with Gasteiger partial charge in [0.1, 0.15) is 0 Å². The second-order valence-electron chi connectivity index (χ2n) is 5.37. The molecule has 0 radical (unpaired) electrons. The maximum Gasteiger partial charge on any atom is 0.0585 e. The number of aryl methyl sites for hydroxylation is 1. The Morgan fingerprint density at radius 3 is 2.94 bits per heavy atom. The van der Waals surface area contributed by atoms with Gasteiger partial charge in [0, 0.05) is 16.9 Å². The first kappa shape index (κ1) is 12.5. The van der Waals surface area contributed by atoms with E-state index in [2.05, 4.69) is 18.2 Å². The summed E-state index contributed by atoms with van der Waals surface area (Å²) >= 11 is 1.98. The molecule has 0 amide bonds. The van der Waals surface area contributed by atoms with Crippen molar-refractivity contribution >= 4 is 11.8 Å². The number of fused-ring (bicyclic) bond motifs is 1. The molecule has 0 unspecified atom stereocenters. The third-order valence-electron chi connectivity index (χ3n) is 4.09. The molecule has 1 saturated heterocycles. The molecule has 1 fully saturated rings. The van der Waals surface area contributed by atoms with Crippen LogP contribution < -0.4 is 0 Å². The van der Waals surface area contributed by atoms with Crippen molar-refractivity contribution in [1.29, 1.82) is 0 Å². The molecule has 2 heterocycles. The summed E-state index contributed by atoms with van der Waals surface area (Å²) in [6.45, 7) is 1.92. The number of rotatable bonds is 4. The number of thioether (sulfide) groups is 1. The quantitative estimate of drug-likeness (QED) is 0.907. The SMILES string of the molecule is OCCCC1(c2ccc3c(c2)CCCS3)COC1. The van der Waals surface area contributed by atoms with Gasteiger partial charge in [-0.3, -0.25) is 0 Å². The normalized spacial score (nSPS) is 21.2. The van der Waals surface area contributed by atoms with Gasteiger partial charge in [-0.15, -0.1) is 11.8 Å². The van der Waals surface area contributed by atoms with Crippen LogP contribution in [0.2, 0.25) is 0 Å². The lowest BCUT2D eigenvalue weighted by Gasteiger charge is -2.42. The minimum Gasteiger partial charge on any atom is -0.396 e. The molecule has 18 heavy (non-hydrogen) atoms. The van der Waals surface area contributed by atoms with E-state index in [1.165, 1.54) is 34.6 Å². The molecule has 3 rings (SSSR count). The van der Waals surface area contributed by atoms with Gasteiger partial charge in [0.05, 0.1) is 13.2 Å². The Balaban J connectivity index is 1.86. The van der Waals surface area contributed by atoms with E-state index in [0.29, 0.717) is 0 Å². The van der Waals surface area contributed by atoms with E-state index < -0.39 is 0 Å². The lowest BCUT2D eigenvalue weighted by atomic mass is 9.74. The molecule has 2 aliphatic heterocycles. The molecule has 0 saturated carbocycles. The van der Waals surface area contributed by atoms with Crippen LogP contribution in [0.3, 0.4) is 0 Å². The third kappa shape index (κ3) is 2.20. The lowest BCUT2D eigenvalue weighted by Crippen LogP contribution is -2.46. The molecule has 0 spiro atoms. The van der Waals surface area contributed by atoms with Crippen molar-refractivity contribution in [2.45, 2.75) is 36.0 Å². The summed E-state index contributed by atoms with van der Waals surface area (Å²) < 4.78 is 5.45. The smallest absolute Gasteiger partial charge is 0.0585 e. The molecule has 2 aliphatic rings. The maximum atomic E-state index is 9.04. The highest BCUT2D eigenvalue weighted by Crippen LogP contribution is 2.40. The molecule has 98 valence electrons. The molecule has 1 aromatic carbocycles. The molecule has 0 bridgehead atoms. The van der Waals surface area contributed by atoms with E-state index in [1.54, 1.807) is 0 Å². The number of ether oxygens (including phenoxy) is 1. The molecule has 1 N–H and O–H groups in total. The van der Waals surface area contributed by atoms with Crippen LogP contribution in [0.5, 0.6) is 0 Å². The highest BCUT2D eigenvalue weighted by Gasteiger charge is 2.39. The van der Waals surface area contributed by atoms with Crippen molar-refractivity contribution < 1.29 is 9.84 Å². The Kier molecular flexibility index (Phi) is 3.64. The van der Waals surface area contributed by atoms with E-state index in [0.717, 1.165) is 26.1 Å². The Morgan fingerprint density at radius 2 is 2.22 bits per heavy atom. The van der Waals surface area contributed by atoms with Gasteiger partial charge >= 0.3 is 0 Å². The van der Waals surface area contributed by atoms with Crippen LogP contribution in [-0.4, -0.2) is 30.7 Å². The number of benzene rings is 1. The van der Waals surface area contributed by atoms with Crippen LogP contribution in [0.15, 0.2) is 23.1 Å². The number of aliphatic hydroxyl groups excluding tert-OH is 1. The number of aliphatic hydroxyl groups is 1. The van der Waals surface area contributed by atoms with Crippen LogP contribution in [0.25, 0.3) is 0 Å². The standard InChI is InChI=1S/C15H20O2S/c16-7-2-6-15(10-17-11-15)13-4-5-14-12(9-13)3-1-8-18-14/h4-5,9,16H,1-3,6-8,10-11H2. The second-order valence-corrected chi connectivity index (χ2v) is 6.51. The molecule has 1 aromatic rings. The zero-order valence-electron chi connectivity index (χ0n) is 10.7. The van der Waals surface area contributed by atoms with Gasteiger partial charge in [0.25, 0.3) is 0 Å². The fourth-order valence-electron chi connectivity index (χ4n) is 2.91. The van der Waals surface area contributed by atoms with Crippen molar-refractivity contribution in [3.8, 4) is 0 Å². The van der Waals surface area contributed by atoms with Crippen molar-refractivity contribution in [1.82, 2.24) is 0 Å². The summed E-state index contributed by atoms with van der Waals surface area (Å²) in [7, 11) is 0. The molecule has 3 heteroatoms. The fraction of sp³-hybridized carbons (Fsp3) is 0.600. The molecule has 2 nitrogen and oxygen atoms in total. The Bertz CT molecular complexity index is 427. The van der Waals surface area contributed by atoms with Crippen molar-refractivity contribution in [3.05, 3.63) is 29.3 Å². The first-order valence-electron chi connectivity index (χ1n) is 6.79. The fourth-order valence-corrected chi connectivity index (χ4v) is 3.93. The summed E-state index contributed by atoms with van der Waals surface area (Å²) in [6, 6.07) is 6.95. The van der Waals surface area contributed by atoms with Crippen molar-refractivity contribution in [2.75, 3.05) is 25.6 Å². The van der Waals surface area contributed by atoms with Crippen LogP contribution in [-0.2, 0) is 16.6 Å². The lowest BCUT2D eigenvalue weighted by molar-refractivity contribution is -0.0665. The zero-order valence-corrected chi connectivity index (χ0v) is 11.5. The number of hydrogen-bond acceptors (Lipinski definition) is 3. The second kappa shape index (κ2) is 5.24. The molecule has 0 atom stereocenters. The topological polar surface area (TPSA) is 29.5 Å². The van der Waals surface area contributed by atoms with Crippen LogP contribution in [0, 0.1) is 0 Å². The highest BCUT2D eigenvalue weighted by molar-refractivity contribution is 7.99. The number of hydrogen-bond donors (Lipinski definition) is 1. The minimum absolute atomic E-state index is 0.180. The van der Waals surface area contributed by atoms with Crippen molar-refractivity contribution in [3.63, 3.8) is 0 Å². The van der Waals surface area contributed by atoms with E-state index in [1.807, 2.05) is 11.8 Å². The largest absolute Gasteiger partial charge is 0.396 e. The van der Waals surface area contributed by atoms with Gasteiger partial charge in [0.2, 0.25) is 0 Å². The summed E-state index contributed by atoms with van der Waals surface area (Å²) in [4.78, 5) is 1.46. The summed E-state index contributed by atoms with van der Waals surface area (Å²) in [5.41, 5.74) is 3.11. The van der Waals surface area contributed by atoms with Gasteiger partial charge in [-0.25, -0.2) is 0 Å². The van der Waals surface area contributed by atoms with Gasteiger partial charge in [-0.05, 0) is 48.6 Å². The highest BCUT2D eigenvalue weighted by atomic mass is 32.2. The van der Waals surface area contributed by atoms with Gasteiger partial charge < -0.3 is 9.84 Å². The van der Waals surface area contributed by atoms with E-state index in [4.69, 9.17) is 9.84 Å². The predicted molar refractivity (Wildman–Crippen MR) is 74.3 cm³/mol. The van der Waals surface area contributed by atoms with Crippen LogP contribution in [0.1, 0.15) is 30.4 Å². The van der Waals surface area contributed by atoms with Crippen molar-refractivity contribution in [2.24, 2.45) is 0 Å². The Hall–Kier alpha value is -0.510. The molecule has 0 aromatic heterocycles. The predicted octanol–water partition coefficient (Wildman–Crippen LogP) is 2.77. The summed E-state index contributed by atoms with van der Waals surface area (Å²) in [5.74, 6) is 1.26. The Labute approximate surface area is 113 Å². The van der Waals surface area contributed by atoms with E-state index in [-0.39, 0.29) is 12.0 Å². The monoisotopic (exact) mass is 264 g/mol. The van der Waals surface area contributed by atoms with E-state index >= 15 is 0 Å². The molecule has 0 aliphatic carbocycles. The van der Waals surface area contributed by atoms with Gasteiger partial charge in [-0.1, -0.05) is 12.1 Å². The van der Waals surface area contributed by atoms with Crippen LogP contribution >= 0.6 is 11.8 Å². The maximum absolute atomic E-state index is 9.04. The average Bonchev–Trinajstić information content (AvgIpc) is 2.37. The summed E-state index contributed by atoms with van der Waals surface area (Å²) in [5, 5.41) is 9.04. The average molecular weight is 264 g/mol. The molecular formula is C15H20O2S. The van der Waals surface area contributed by atoms with Crippen LogP contribution in [0.4, 0.5) is 0 Å². The minimum atomic E-state index is 0.180. The van der Waals surface area contributed by atoms with E-state index in [9.17, 15) is 0 Å². The first-order chi connectivity index (χ1) is 8.84.